The largest absolute Gasteiger partial charge is 0.0998 e. The molecule has 0 bridgehead atoms. The van der Waals surface area contributed by atoms with Gasteiger partial charge in [-0.1, -0.05) is 32.4 Å². The monoisotopic (exact) mass is 204 g/mol. The maximum absolute atomic E-state index is 4.28. The number of hydrogen-bond acceptors (Lipinski definition) is 0. The maximum Gasteiger partial charge on any atom is -0.0141 e. The molecule has 0 N–H and O–H groups in total. The van der Waals surface area contributed by atoms with Crippen LogP contribution in [0.4, 0.5) is 0 Å². The highest BCUT2D eigenvalue weighted by molar-refractivity contribution is 5.19. The van der Waals surface area contributed by atoms with E-state index in [1.807, 2.05) is 0 Å². The maximum atomic E-state index is 4.28. The summed E-state index contributed by atoms with van der Waals surface area (Å²) in [6.07, 6.45) is 5.95. The molecule has 0 aromatic heterocycles. The van der Waals surface area contributed by atoms with Crippen LogP contribution in [0.15, 0.2) is 12.2 Å². The average Bonchev–Trinajstić information content (AvgIpc) is 2.59. The first-order valence-electron chi connectivity index (χ1n) is 6.71. The molecular formula is C15H24. The molecule has 84 valence electrons. The lowest BCUT2D eigenvalue weighted by Crippen LogP contribution is -2.39. The molecule has 0 heterocycles. The molecule has 3 saturated carbocycles. The van der Waals surface area contributed by atoms with Crippen LogP contribution in [0, 0.1) is 35.0 Å². The van der Waals surface area contributed by atoms with E-state index in [1.54, 1.807) is 0 Å². The summed E-state index contributed by atoms with van der Waals surface area (Å²) in [6, 6.07) is 0. The summed E-state index contributed by atoms with van der Waals surface area (Å²) in [4.78, 5) is 0. The number of rotatable bonds is 1. The van der Waals surface area contributed by atoms with Crippen LogP contribution in [0.3, 0.4) is 0 Å². The third-order valence-electron chi connectivity index (χ3n) is 6.16. The first-order chi connectivity index (χ1) is 7.05. The van der Waals surface area contributed by atoms with Gasteiger partial charge in [-0.3, -0.25) is 0 Å². The quantitative estimate of drug-likeness (QED) is 0.559. The van der Waals surface area contributed by atoms with Crippen LogP contribution in [-0.4, -0.2) is 0 Å². The second-order valence-corrected chi connectivity index (χ2v) is 6.76. The number of hydrogen-bond donors (Lipinski definition) is 0. The molecule has 15 heavy (non-hydrogen) atoms. The van der Waals surface area contributed by atoms with Gasteiger partial charge in [0, 0.05) is 0 Å². The van der Waals surface area contributed by atoms with Crippen LogP contribution in [0.5, 0.6) is 0 Å². The average molecular weight is 204 g/mol. The van der Waals surface area contributed by atoms with Crippen molar-refractivity contribution in [3.8, 4) is 0 Å². The van der Waals surface area contributed by atoms with Crippen LogP contribution >= 0.6 is 0 Å². The lowest BCUT2D eigenvalue weighted by Gasteiger charge is -2.47. The zero-order valence-electron chi connectivity index (χ0n) is 10.4. The van der Waals surface area contributed by atoms with Crippen molar-refractivity contribution in [2.45, 2.75) is 46.5 Å². The predicted molar refractivity (Wildman–Crippen MR) is 64.5 cm³/mol. The van der Waals surface area contributed by atoms with Crippen LogP contribution < -0.4 is 0 Å². The molecule has 0 amide bonds. The fraction of sp³-hybridized carbons (Fsp3) is 0.867. The topological polar surface area (TPSA) is 0 Å². The second kappa shape index (κ2) is 2.90. The van der Waals surface area contributed by atoms with Crippen LogP contribution in [0.1, 0.15) is 46.5 Å². The summed E-state index contributed by atoms with van der Waals surface area (Å²) in [7, 11) is 0. The van der Waals surface area contributed by atoms with E-state index in [-0.39, 0.29) is 0 Å². The van der Waals surface area contributed by atoms with Gasteiger partial charge in [-0.2, -0.15) is 0 Å². The number of fused-ring (bicyclic) bond motifs is 3. The van der Waals surface area contributed by atoms with Crippen molar-refractivity contribution in [1.82, 2.24) is 0 Å². The lowest BCUT2D eigenvalue weighted by molar-refractivity contribution is 0.0272. The zero-order valence-corrected chi connectivity index (χ0v) is 10.4. The van der Waals surface area contributed by atoms with E-state index >= 15 is 0 Å². The van der Waals surface area contributed by atoms with Gasteiger partial charge < -0.3 is 0 Å². The Morgan fingerprint density at radius 2 is 1.93 bits per heavy atom. The molecule has 0 saturated heterocycles. The Morgan fingerprint density at radius 3 is 2.47 bits per heavy atom. The molecule has 3 fully saturated rings. The summed E-state index contributed by atoms with van der Waals surface area (Å²) in [5.74, 6) is 4.84. The molecule has 0 spiro atoms. The molecule has 3 aliphatic rings. The van der Waals surface area contributed by atoms with Crippen LogP contribution in [0.2, 0.25) is 0 Å². The van der Waals surface area contributed by atoms with Gasteiger partial charge in [0.05, 0.1) is 0 Å². The van der Waals surface area contributed by atoms with Crippen LogP contribution in [0.25, 0.3) is 0 Å². The van der Waals surface area contributed by atoms with Crippen molar-refractivity contribution in [2.24, 2.45) is 35.0 Å². The Morgan fingerprint density at radius 1 is 1.20 bits per heavy atom. The molecule has 3 rings (SSSR count). The smallest absolute Gasteiger partial charge is 0.0141 e. The van der Waals surface area contributed by atoms with Gasteiger partial charge in [0.15, 0.2) is 0 Å². The molecular weight excluding hydrogens is 180 g/mol. The van der Waals surface area contributed by atoms with Crippen molar-refractivity contribution in [1.29, 1.82) is 0 Å². The van der Waals surface area contributed by atoms with E-state index in [0.717, 1.165) is 29.6 Å². The fourth-order valence-corrected chi connectivity index (χ4v) is 5.35. The molecule has 1 unspecified atom stereocenters. The van der Waals surface area contributed by atoms with Gasteiger partial charge in [0.1, 0.15) is 0 Å². The predicted octanol–water partition coefficient (Wildman–Crippen LogP) is 4.27. The Hall–Kier alpha value is -0.260. The minimum Gasteiger partial charge on any atom is -0.0998 e. The highest BCUT2D eigenvalue weighted by Gasteiger charge is 2.64. The first kappa shape index (κ1) is 9.93. The summed E-state index contributed by atoms with van der Waals surface area (Å²) >= 11 is 0. The summed E-state index contributed by atoms with van der Waals surface area (Å²) in [5.41, 5.74) is 2.19. The van der Waals surface area contributed by atoms with Crippen molar-refractivity contribution in [3.63, 3.8) is 0 Å². The van der Waals surface area contributed by atoms with Gasteiger partial charge in [-0.25, -0.2) is 0 Å². The Bertz CT molecular complexity index is 303. The van der Waals surface area contributed by atoms with E-state index < -0.39 is 0 Å². The van der Waals surface area contributed by atoms with E-state index in [1.165, 1.54) is 31.3 Å². The Labute approximate surface area is 94.1 Å². The fourth-order valence-electron chi connectivity index (χ4n) is 5.35. The van der Waals surface area contributed by atoms with Gasteiger partial charge in [0.2, 0.25) is 0 Å². The van der Waals surface area contributed by atoms with Gasteiger partial charge in [-0.05, 0) is 61.2 Å². The molecule has 0 aliphatic heterocycles. The standard InChI is InChI=1S/C15H24/c1-9(2)13-12-7-8-15(12,4)11-6-5-10(3)14(11)13/h10-14H,1,5-8H2,2-4H3/t10-,11+,12+,13?,14-,15-/m1/s1. The van der Waals surface area contributed by atoms with Crippen molar-refractivity contribution >= 4 is 0 Å². The molecule has 0 radical (unpaired) electrons. The lowest BCUT2D eigenvalue weighted by atomic mass is 9.57. The molecule has 3 aliphatic carbocycles. The molecule has 0 aromatic carbocycles. The highest BCUT2D eigenvalue weighted by Crippen LogP contribution is 2.71. The molecule has 6 atom stereocenters. The minimum absolute atomic E-state index is 0.707. The van der Waals surface area contributed by atoms with Crippen molar-refractivity contribution in [2.75, 3.05) is 0 Å². The molecule has 0 aromatic rings. The molecule has 0 nitrogen and oxygen atoms in total. The minimum atomic E-state index is 0.707. The zero-order chi connectivity index (χ0) is 10.8. The third kappa shape index (κ3) is 1.04. The van der Waals surface area contributed by atoms with E-state index in [4.69, 9.17) is 0 Å². The van der Waals surface area contributed by atoms with E-state index in [0.29, 0.717) is 5.41 Å². The second-order valence-electron chi connectivity index (χ2n) is 6.76. The Kier molecular flexibility index (Phi) is 1.92. The van der Waals surface area contributed by atoms with Gasteiger partial charge >= 0.3 is 0 Å². The van der Waals surface area contributed by atoms with Crippen LogP contribution in [-0.2, 0) is 0 Å². The van der Waals surface area contributed by atoms with E-state index in [2.05, 4.69) is 27.4 Å². The summed E-state index contributed by atoms with van der Waals surface area (Å²) < 4.78 is 0. The Balaban J connectivity index is 1.99. The van der Waals surface area contributed by atoms with Gasteiger partial charge in [-0.15, -0.1) is 0 Å². The van der Waals surface area contributed by atoms with Gasteiger partial charge in [0.25, 0.3) is 0 Å². The van der Waals surface area contributed by atoms with E-state index in [9.17, 15) is 0 Å². The number of allylic oxidation sites excluding steroid dienone is 1. The third-order valence-corrected chi connectivity index (χ3v) is 6.16. The first-order valence-corrected chi connectivity index (χ1v) is 6.71. The SMILES string of the molecule is C=C(C)C1[C@@H]2[C@H](C)CC[C@@H]2[C@@]2(C)CC[C@@H]12. The molecule has 0 heteroatoms. The van der Waals surface area contributed by atoms with Crippen molar-refractivity contribution in [3.05, 3.63) is 12.2 Å². The van der Waals surface area contributed by atoms with Crippen molar-refractivity contribution < 1.29 is 0 Å². The highest BCUT2D eigenvalue weighted by atomic mass is 14.7. The summed E-state index contributed by atoms with van der Waals surface area (Å²) in [5, 5.41) is 0. The normalized spacial score (nSPS) is 57.1. The summed E-state index contributed by atoms with van der Waals surface area (Å²) in [6.45, 7) is 11.6.